The molecule has 2 fully saturated rings. The Morgan fingerprint density at radius 3 is 2.24 bits per heavy atom. The Labute approximate surface area is 145 Å². The van der Waals surface area contributed by atoms with Crippen molar-refractivity contribution in [2.45, 2.75) is 45.6 Å². The minimum Gasteiger partial charge on any atom is -0.456 e. The molecule has 134 valence electrons. The van der Waals surface area contributed by atoms with Crippen molar-refractivity contribution in [1.82, 2.24) is 4.90 Å². The highest BCUT2D eigenvalue weighted by atomic mass is 16.5. The Morgan fingerprint density at radius 2 is 1.80 bits per heavy atom. The van der Waals surface area contributed by atoms with E-state index in [2.05, 4.69) is 0 Å². The van der Waals surface area contributed by atoms with Crippen molar-refractivity contribution in [1.29, 1.82) is 10.7 Å². The number of esters is 1. The van der Waals surface area contributed by atoms with Crippen LogP contribution in [-0.2, 0) is 23.9 Å². The molecule has 0 aromatic rings. The lowest BCUT2D eigenvalue weighted by Gasteiger charge is -2.21. The van der Waals surface area contributed by atoms with E-state index in [1.54, 1.807) is 6.07 Å². The highest BCUT2D eigenvalue weighted by Crippen LogP contribution is 2.38. The highest BCUT2D eigenvalue weighted by molar-refractivity contribution is 6.08. The molecule has 8 nitrogen and oxygen atoms in total. The van der Waals surface area contributed by atoms with Gasteiger partial charge in [-0.05, 0) is 26.7 Å². The molecule has 0 bridgehead atoms. The number of carbonyl (C=O) groups is 4. The van der Waals surface area contributed by atoms with Crippen molar-refractivity contribution >= 4 is 29.3 Å². The van der Waals surface area contributed by atoms with Gasteiger partial charge in [0.05, 0.1) is 17.9 Å². The van der Waals surface area contributed by atoms with Crippen LogP contribution in [0.5, 0.6) is 0 Å². The van der Waals surface area contributed by atoms with E-state index in [0.29, 0.717) is 12.8 Å². The Hall–Kier alpha value is -2.56. The van der Waals surface area contributed by atoms with Gasteiger partial charge in [-0.1, -0.05) is 12.8 Å². The Morgan fingerprint density at radius 1 is 1.28 bits per heavy atom. The van der Waals surface area contributed by atoms with Gasteiger partial charge < -0.3 is 10.1 Å². The van der Waals surface area contributed by atoms with Crippen LogP contribution in [0.2, 0.25) is 0 Å². The Balaban J connectivity index is 1.99. The monoisotopic (exact) mass is 347 g/mol. The molecule has 1 saturated carbocycles. The minimum absolute atomic E-state index is 0.134. The summed E-state index contributed by atoms with van der Waals surface area (Å²) in [6, 6.07) is 0.562. The van der Waals surface area contributed by atoms with Gasteiger partial charge in [-0.15, -0.1) is 0 Å². The number of hydrogen-bond donors (Lipinski definition) is 1. The van der Waals surface area contributed by atoms with E-state index in [-0.39, 0.29) is 29.4 Å². The molecule has 1 heterocycles. The molecular weight excluding hydrogens is 326 g/mol. The molecular formula is C17H21N3O5. The fourth-order valence-corrected chi connectivity index (χ4v) is 3.43. The first-order valence-corrected chi connectivity index (χ1v) is 8.30. The van der Waals surface area contributed by atoms with E-state index in [9.17, 15) is 19.2 Å². The molecule has 2 rings (SSSR count). The average Bonchev–Trinajstić information content (AvgIpc) is 2.84. The predicted molar refractivity (Wildman–Crippen MR) is 85.2 cm³/mol. The number of carbonyl (C=O) groups excluding carboxylic acids is 4. The van der Waals surface area contributed by atoms with Crippen LogP contribution in [0.25, 0.3) is 0 Å². The molecule has 25 heavy (non-hydrogen) atoms. The summed E-state index contributed by atoms with van der Waals surface area (Å²) < 4.78 is 4.88. The lowest BCUT2D eigenvalue weighted by atomic mass is 9.81. The summed E-state index contributed by atoms with van der Waals surface area (Å²) in [5.74, 6) is -4.26. The van der Waals surface area contributed by atoms with Crippen LogP contribution >= 0.6 is 0 Å². The zero-order valence-electron chi connectivity index (χ0n) is 14.3. The SMILES string of the molecule is CC(=N)[C@H](C#N)C(=O)COC(=O)[C@H](C)N1C(=O)[C@H]2CCCC[C@@H]2C1=O. The van der Waals surface area contributed by atoms with Gasteiger partial charge >= 0.3 is 5.97 Å². The van der Waals surface area contributed by atoms with Crippen molar-refractivity contribution in [3.63, 3.8) is 0 Å². The van der Waals surface area contributed by atoms with E-state index < -0.39 is 30.3 Å². The number of rotatable bonds is 6. The van der Waals surface area contributed by atoms with Crippen molar-refractivity contribution in [3.8, 4) is 6.07 Å². The topological polar surface area (TPSA) is 128 Å². The number of hydrogen-bond acceptors (Lipinski definition) is 7. The van der Waals surface area contributed by atoms with Gasteiger partial charge in [0.25, 0.3) is 0 Å². The number of fused-ring (bicyclic) bond motifs is 1. The molecule has 8 heteroatoms. The molecule has 1 saturated heterocycles. The van der Waals surface area contributed by atoms with Crippen molar-refractivity contribution in [3.05, 3.63) is 0 Å². The number of ether oxygens (including phenoxy) is 1. The summed E-state index contributed by atoms with van der Waals surface area (Å²) in [5, 5.41) is 16.2. The van der Waals surface area contributed by atoms with Gasteiger partial charge in [0.1, 0.15) is 12.0 Å². The molecule has 1 N–H and O–H groups in total. The van der Waals surface area contributed by atoms with Crippen LogP contribution in [0, 0.1) is 34.5 Å². The fourth-order valence-electron chi connectivity index (χ4n) is 3.43. The highest BCUT2D eigenvalue weighted by Gasteiger charge is 2.51. The van der Waals surface area contributed by atoms with Gasteiger partial charge in [0, 0.05) is 5.71 Å². The van der Waals surface area contributed by atoms with Crippen molar-refractivity contribution < 1.29 is 23.9 Å². The van der Waals surface area contributed by atoms with E-state index in [1.165, 1.54) is 13.8 Å². The smallest absolute Gasteiger partial charge is 0.329 e. The lowest BCUT2D eigenvalue weighted by molar-refractivity contribution is -0.159. The van der Waals surface area contributed by atoms with Gasteiger partial charge in [-0.25, -0.2) is 4.79 Å². The number of ketones is 1. The normalized spacial score (nSPS) is 24.9. The van der Waals surface area contributed by atoms with Crippen LogP contribution in [0.15, 0.2) is 0 Å². The molecule has 0 unspecified atom stereocenters. The number of imide groups is 1. The largest absolute Gasteiger partial charge is 0.456 e. The quantitative estimate of drug-likeness (QED) is 0.431. The summed E-state index contributed by atoms with van der Waals surface area (Å²) in [7, 11) is 0. The first kappa shape index (κ1) is 18.8. The Bertz CT molecular complexity index is 642. The van der Waals surface area contributed by atoms with E-state index in [1.807, 2.05) is 0 Å². The second kappa shape index (κ2) is 7.55. The second-order valence-electron chi connectivity index (χ2n) is 6.54. The van der Waals surface area contributed by atoms with Crippen LogP contribution in [0.1, 0.15) is 39.5 Å². The zero-order valence-corrected chi connectivity index (χ0v) is 14.3. The minimum atomic E-state index is -1.26. The van der Waals surface area contributed by atoms with Crippen molar-refractivity contribution in [2.75, 3.05) is 6.61 Å². The maximum Gasteiger partial charge on any atom is 0.329 e. The van der Waals surface area contributed by atoms with Gasteiger partial charge in [0.2, 0.25) is 11.8 Å². The lowest BCUT2D eigenvalue weighted by Crippen LogP contribution is -2.45. The Kier molecular flexibility index (Phi) is 5.67. The molecule has 0 spiro atoms. The van der Waals surface area contributed by atoms with Crippen LogP contribution in [0.4, 0.5) is 0 Å². The van der Waals surface area contributed by atoms with Gasteiger partial charge in [-0.2, -0.15) is 5.26 Å². The summed E-state index contributed by atoms with van der Waals surface area (Å²) in [5.41, 5.74) is -0.134. The van der Waals surface area contributed by atoms with Crippen LogP contribution < -0.4 is 0 Å². The molecule has 2 amide bonds. The third kappa shape index (κ3) is 3.60. The van der Waals surface area contributed by atoms with Gasteiger partial charge in [-0.3, -0.25) is 19.3 Å². The van der Waals surface area contributed by atoms with Crippen molar-refractivity contribution in [2.24, 2.45) is 17.8 Å². The number of nitrogens with zero attached hydrogens (tertiary/aromatic N) is 2. The fraction of sp³-hybridized carbons (Fsp3) is 0.647. The number of nitrogens with one attached hydrogen (secondary N) is 1. The molecule has 1 aliphatic carbocycles. The average molecular weight is 347 g/mol. The molecule has 1 aliphatic heterocycles. The summed E-state index contributed by atoms with van der Waals surface area (Å²) in [4.78, 5) is 49.8. The maximum absolute atomic E-state index is 12.4. The van der Waals surface area contributed by atoms with E-state index in [4.69, 9.17) is 15.4 Å². The first-order chi connectivity index (χ1) is 11.8. The number of nitriles is 1. The summed E-state index contributed by atoms with van der Waals surface area (Å²) in [6.07, 6.45) is 3.07. The number of amides is 2. The standard InChI is InChI=1S/C17H21N3O5/c1-9(19)13(7-18)14(21)8-25-17(24)10(2)20-15(22)11-5-3-4-6-12(11)16(20)23/h10-13,19H,3-6,8H2,1-2H3/t10-,11-,12-,13-/m0/s1. The molecule has 2 aliphatic rings. The van der Waals surface area contributed by atoms with E-state index >= 15 is 0 Å². The first-order valence-electron chi connectivity index (χ1n) is 8.30. The van der Waals surface area contributed by atoms with Gasteiger partial charge in [0.15, 0.2) is 12.4 Å². The second-order valence-corrected chi connectivity index (χ2v) is 6.54. The van der Waals surface area contributed by atoms with Crippen LogP contribution in [0.3, 0.4) is 0 Å². The molecule has 4 atom stereocenters. The third-order valence-electron chi connectivity index (χ3n) is 4.84. The molecule has 0 radical (unpaired) electrons. The zero-order chi connectivity index (χ0) is 18.7. The number of Topliss-reactive ketones (excluding diaryl/α,β-unsaturated/α-hetero) is 1. The summed E-state index contributed by atoms with van der Waals surface area (Å²) in [6.45, 7) is 2.05. The third-order valence-corrected chi connectivity index (χ3v) is 4.84. The maximum atomic E-state index is 12.4. The van der Waals surface area contributed by atoms with Crippen LogP contribution in [-0.4, -0.2) is 46.8 Å². The number of likely N-dealkylation sites (tertiary alicyclic amines) is 1. The van der Waals surface area contributed by atoms with E-state index in [0.717, 1.165) is 17.7 Å². The predicted octanol–water partition coefficient (Wildman–Crippen LogP) is 0.842. The summed E-state index contributed by atoms with van der Waals surface area (Å²) >= 11 is 0. The molecule has 0 aromatic carbocycles. The molecule has 0 aromatic heterocycles.